The second kappa shape index (κ2) is 7.44. The lowest BCUT2D eigenvalue weighted by Gasteiger charge is -2.36. The summed E-state index contributed by atoms with van der Waals surface area (Å²) >= 11 is 6.29. The Hall–Kier alpha value is -2.19. The van der Waals surface area contributed by atoms with Crippen molar-refractivity contribution >= 4 is 17.5 Å². The third kappa shape index (κ3) is 4.06. The number of piperidine rings is 1. The van der Waals surface area contributed by atoms with Gasteiger partial charge in [0, 0.05) is 32.1 Å². The number of amides is 1. The quantitative estimate of drug-likeness (QED) is 0.860. The second-order valence-electron chi connectivity index (χ2n) is 6.68. The molecule has 6 nitrogen and oxygen atoms in total. The van der Waals surface area contributed by atoms with Crippen LogP contribution in [0.5, 0.6) is 5.75 Å². The molecule has 0 bridgehead atoms. The SMILES string of the molecule is COc1ccc(-c2cc(C(=O)N[C@H]3CN(C)CCC3(F)F)nn2C)c(Cl)c1. The van der Waals surface area contributed by atoms with Gasteiger partial charge in [-0.05, 0) is 31.3 Å². The fourth-order valence-electron chi connectivity index (χ4n) is 3.09. The molecule has 27 heavy (non-hydrogen) atoms. The summed E-state index contributed by atoms with van der Waals surface area (Å²) < 4.78 is 34.8. The third-order valence-electron chi connectivity index (χ3n) is 4.70. The minimum atomic E-state index is -2.95. The topological polar surface area (TPSA) is 59.4 Å². The van der Waals surface area contributed by atoms with Crippen molar-refractivity contribution in [1.29, 1.82) is 0 Å². The van der Waals surface area contributed by atoms with Crippen molar-refractivity contribution in [2.45, 2.75) is 18.4 Å². The number of alkyl halides is 2. The Bertz CT molecular complexity index is 856. The zero-order valence-corrected chi connectivity index (χ0v) is 16.1. The van der Waals surface area contributed by atoms with E-state index >= 15 is 0 Å². The molecule has 1 aliphatic heterocycles. The van der Waals surface area contributed by atoms with E-state index in [1.165, 1.54) is 17.9 Å². The van der Waals surface area contributed by atoms with Crippen LogP contribution in [0.3, 0.4) is 0 Å². The van der Waals surface area contributed by atoms with Crippen molar-refractivity contribution in [3.05, 3.63) is 35.0 Å². The van der Waals surface area contributed by atoms with Gasteiger partial charge < -0.3 is 15.0 Å². The van der Waals surface area contributed by atoms with E-state index in [1.807, 2.05) is 0 Å². The number of hydrogen-bond donors (Lipinski definition) is 1. The maximum atomic E-state index is 14.1. The zero-order chi connectivity index (χ0) is 19.8. The van der Waals surface area contributed by atoms with Crippen LogP contribution in [0.2, 0.25) is 5.02 Å². The fourth-order valence-corrected chi connectivity index (χ4v) is 3.36. The number of likely N-dealkylation sites (tertiary alicyclic amines) is 1. The molecule has 1 aliphatic rings. The number of likely N-dealkylation sites (N-methyl/N-ethyl adjacent to an activating group) is 1. The van der Waals surface area contributed by atoms with E-state index in [4.69, 9.17) is 16.3 Å². The minimum Gasteiger partial charge on any atom is -0.497 e. The molecule has 3 rings (SSSR count). The standard InChI is InChI=1S/C18H21ClF2N4O2/c1-24-7-6-18(20,21)16(10-24)22-17(26)14-9-15(25(2)23-14)12-5-4-11(27-3)8-13(12)19/h4-5,8-9,16H,6-7,10H2,1-3H3,(H,22,26)/t16-/m0/s1. The van der Waals surface area contributed by atoms with Crippen LogP contribution < -0.4 is 10.1 Å². The third-order valence-corrected chi connectivity index (χ3v) is 5.01. The van der Waals surface area contributed by atoms with Gasteiger partial charge in [-0.3, -0.25) is 9.48 Å². The lowest BCUT2D eigenvalue weighted by atomic mass is 10.0. The predicted molar refractivity (Wildman–Crippen MR) is 98.5 cm³/mol. The molecular weight excluding hydrogens is 378 g/mol. The summed E-state index contributed by atoms with van der Waals surface area (Å²) in [6, 6.07) is 5.44. The van der Waals surface area contributed by atoms with Gasteiger partial charge in [0.05, 0.1) is 17.8 Å². The number of halogens is 3. The first kappa shape index (κ1) is 19.6. The summed E-state index contributed by atoms with van der Waals surface area (Å²) in [6.45, 7) is 0.381. The number of benzene rings is 1. The summed E-state index contributed by atoms with van der Waals surface area (Å²) in [6.07, 6.45) is -0.288. The summed E-state index contributed by atoms with van der Waals surface area (Å²) in [5.74, 6) is -2.98. The Labute approximate surface area is 161 Å². The number of aromatic nitrogens is 2. The van der Waals surface area contributed by atoms with Gasteiger partial charge in [-0.2, -0.15) is 5.10 Å². The first-order chi connectivity index (χ1) is 12.7. The van der Waals surface area contributed by atoms with Crippen molar-refractivity contribution in [2.75, 3.05) is 27.2 Å². The molecule has 1 aromatic carbocycles. The highest BCUT2D eigenvalue weighted by Gasteiger charge is 2.44. The van der Waals surface area contributed by atoms with Crippen molar-refractivity contribution in [3.63, 3.8) is 0 Å². The average molecular weight is 399 g/mol. The van der Waals surface area contributed by atoms with Crippen LogP contribution in [0.4, 0.5) is 8.78 Å². The molecule has 1 amide bonds. The highest BCUT2D eigenvalue weighted by atomic mass is 35.5. The number of methoxy groups -OCH3 is 1. The van der Waals surface area contributed by atoms with Gasteiger partial charge in [-0.1, -0.05) is 11.6 Å². The van der Waals surface area contributed by atoms with Crippen molar-refractivity contribution in [1.82, 2.24) is 20.0 Å². The Morgan fingerprint density at radius 2 is 2.11 bits per heavy atom. The number of hydrogen-bond acceptors (Lipinski definition) is 4. The van der Waals surface area contributed by atoms with Crippen LogP contribution in [0.25, 0.3) is 11.3 Å². The lowest BCUT2D eigenvalue weighted by Crippen LogP contribution is -2.57. The Balaban J connectivity index is 1.82. The first-order valence-electron chi connectivity index (χ1n) is 8.46. The van der Waals surface area contributed by atoms with E-state index in [0.29, 0.717) is 28.6 Å². The largest absolute Gasteiger partial charge is 0.497 e. The molecule has 1 N–H and O–H groups in total. The lowest BCUT2D eigenvalue weighted by molar-refractivity contribution is -0.0768. The minimum absolute atomic E-state index is 0.0587. The average Bonchev–Trinajstić information content (AvgIpc) is 3.00. The number of aryl methyl sites for hydroxylation is 1. The molecule has 0 unspecified atom stereocenters. The smallest absolute Gasteiger partial charge is 0.272 e. The molecule has 1 atom stereocenters. The molecule has 0 radical (unpaired) electrons. The molecule has 146 valence electrons. The van der Waals surface area contributed by atoms with Gasteiger partial charge in [-0.15, -0.1) is 0 Å². The summed E-state index contributed by atoms with van der Waals surface area (Å²) in [7, 11) is 4.95. The highest BCUT2D eigenvalue weighted by molar-refractivity contribution is 6.33. The number of carbonyl (C=O) groups is 1. The van der Waals surface area contributed by atoms with Crippen LogP contribution in [-0.4, -0.2) is 59.8 Å². The van der Waals surface area contributed by atoms with E-state index in [1.54, 1.807) is 37.2 Å². The van der Waals surface area contributed by atoms with E-state index in [-0.39, 0.29) is 18.7 Å². The normalized spacial score (nSPS) is 19.7. The number of nitrogens with zero attached hydrogens (tertiary/aromatic N) is 3. The monoisotopic (exact) mass is 398 g/mol. The summed E-state index contributed by atoms with van der Waals surface area (Å²) in [4.78, 5) is 14.3. The van der Waals surface area contributed by atoms with Crippen molar-refractivity contribution in [3.8, 4) is 17.0 Å². The van der Waals surface area contributed by atoms with Crippen LogP contribution in [0, 0.1) is 0 Å². The number of carbonyl (C=O) groups excluding carboxylic acids is 1. The maximum absolute atomic E-state index is 14.1. The molecule has 0 aliphatic carbocycles. The summed E-state index contributed by atoms with van der Waals surface area (Å²) in [5.41, 5.74) is 1.32. The predicted octanol–water partition coefficient (Wildman–Crippen LogP) is 2.82. The van der Waals surface area contributed by atoms with Crippen LogP contribution >= 0.6 is 11.6 Å². The molecule has 1 saturated heterocycles. The first-order valence-corrected chi connectivity index (χ1v) is 8.84. The zero-order valence-electron chi connectivity index (χ0n) is 15.3. The molecule has 1 fully saturated rings. The molecular formula is C18H21ClF2N4O2. The molecule has 1 aromatic heterocycles. The highest BCUT2D eigenvalue weighted by Crippen LogP contribution is 2.32. The molecule has 2 heterocycles. The van der Waals surface area contributed by atoms with Gasteiger partial charge in [0.25, 0.3) is 11.8 Å². The fraction of sp³-hybridized carbons (Fsp3) is 0.444. The number of nitrogens with one attached hydrogen (secondary N) is 1. The Kier molecular flexibility index (Phi) is 5.39. The molecule has 0 spiro atoms. The molecule has 2 aromatic rings. The van der Waals surface area contributed by atoms with Crippen LogP contribution in [-0.2, 0) is 7.05 Å². The van der Waals surface area contributed by atoms with Gasteiger partial charge >= 0.3 is 0 Å². The maximum Gasteiger partial charge on any atom is 0.272 e. The van der Waals surface area contributed by atoms with Gasteiger partial charge in [0.1, 0.15) is 11.8 Å². The van der Waals surface area contributed by atoms with Gasteiger partial charge in [-0.25, -0.2) is 8.78 Å². The van der Waals surface area contributed by atoms with Crippen molar-refractivity contribution < 1.29 is 18.3 Å². The van der Waals surface area contributed by atoms with E-state index < -0.39 is 17.9 Å². The Morgan fingerprint density at radius 1 is 1.37 bits per heavy atom. The number of ether oxygens (including phenoxy) is 1. The molecule has 0 saturated carbocycles. The second-order valence-corrected chi connectivity index (χ2v) is 7.09. The Morgan fingerprint density at radius 3 is 2.78 bits per heavy atom. The van der Waals surface area contributed by atoms with Crippen LogP contribution in [0.15, 0.2) is 24.3 Å². The summed E-state index contributed by atoms with van der Waals surface area (Å²) in [5, 5.41) is 7.02. The van der Waals surface area contributed by atoms with E-state index in [2.05, 4.69) is 10.4 Å². The van der Waals surface area contributed by atoms with E-state index in [0.717, 1.165) is 0 Å². The van der Waals surface area contributed by atoms with Gasteiger partial charge in [0.15, 0.2) is 5.69 Å². The molecule has 9 heteroatoms. The number of rotatable bonds is 4. The van der Waals surface area contributed by atoms with Crippen LogP contribution in [0.1, 0.15) is 16.9 Å². The van der Waals surface area contributed by atoms with Crippen molar-refractivity contribution in [2.24, 2.45) is 7.05 Å². The van der Waals surface area contributed by atoms with Gasteiger partial charge in [0.2, 0.25) is 0 Å². The van der Waals surface area contributed by atoms with E-state index in [9.17, 15) is 13.6 Å².